The molecule has 0 amide bonds. The van der Waals surface area contributed by atoms with E-state index < -0.39 is 12.9 Å². The molecular weight excluding hydrogens is 263 g/mol. The topological polar surface area (TPSA) is 55.8 Å². The van der Waals surface area contributed by atoms with Gasteiger partial charge >= 0.3 is 7.60 Å². The van der Waals surface area contributed by atoms with Crippen LogP contribution in [0.2, 0.25) is 0 Å². The van der Waals surface area contributed by atoms with Crippen molar-refractivity contribution in [1.29, 1.82) is 0 Å². The second kappa shape index (κ2) is 7.01. The van der Waals surface area contributed by atoms with Gasteiger partial charge < -0.3 is 14.2 Å². The summed E-state index contributed by atoms with van der Waals surface area (Å²) in [7, 11) is -3.59. The second-order valence-electron chi connectivity index (χ2n) is 4.17. The van der Waals surface area contributed by atoms with Crippen molar-refractivity contribution in [2.75, 3.05) is 13.2 Å². The molecule has 0 radical (unpaired) electrons. The molecule has 0 fully saturated rings. The lowest BCUT2D eigenvalue weighted by atomic mass is 10.2. The van der Waals surface area contributed by atoms with Crippen molar-refractivity contribution in [1.82, 2.24) is 0 Å². The average molecular weight is 284 g/mol. The molecule has 0 aliphatic rings. The monoisotopic (exact) mass is 284 g/mol. The summed E-state index contributed by atoms with van der Waals surface area (Å²) in [5.74, 6) is 0. The fourth-order valence-electron chi connectivity index (χ4n) is 1.55. The third kappa shape index (κ3) is 4.29. The van der Waals surface area contributed by atoms with Crippen molar-refractivity contribution < 1.29 is 18.7 Å². The fourth-order valence-corrected chi connectivity index (χ4v) is 3.08. The summed E-state index contributed by atoms with van der Waals surface area (Å²) in [6.07, 6.45) is 3.15. The van der Waals surface area contributed by atoms with E-state index in [4.69, 9.17) is 9.05 Å². The normalized spacial score (nSPS) is 15.6. The molecule has 106 valence electrons. The Balaban J connectivity index is 2.94. The molecule has 0 saturated carbocycles. The van der Waals surface area contributed by atoms with E-state index in [0.29, 0.717) is 0 Å². The van der Waals surface area contributed by atoms with Crippen molar-refractivity contribution in [3.63, 3.8) is 0 Å². The lowest BCUT2D eigenvalue weighted by Gasteiger charge is -2.28. The van der Waals surface area contributed by atoms with Gasteiger partial charge in [0.05, 0.1) is 13.2 Å². The smallest absolute Gasteiger partial charge is 0.365 e. The molecular formula is C14H21O4P. The molecule has 4 nitrogen and oxygen atoms in total. The lowest BCUT2D eigenvalue weighted by Crippen LogP contribution is -2.24. The van der Waals surface area contributed by atoms with Crippen LogP contribution in [0.3, 0.4) is 0 Å². The first kappa shape index (κ1) is 16.1. The van der Waals surface area contributed by atoms with Crippen LogP contribution in [-0.4, -0.2) is 23.7 Å². The van der Waals surface area contributed by atoms with Crippen LogP contribution >= 0.6 is 7.60 Å². The molecule has 0 aliphatic heterocycles. The molecule has 5 heteroatoms. The summed E-state index contributed by atoms with van der Waals surface area (Å²) in [4.78, 5) is 0. The van der Waals surface area contributed by atoms with Gasteiger partial charge in [0.1, 0.15) is 0 Å². The summed E-state index contributed by atoms with van der Waals surface area (Å²) in [5, 5.41) is 8.70. The highest BCUT2D eigenvalue weighted by Gasteiger charge is 2.43. The van der Waals surface area contributed by atoms with E-state index in [0.717, 1.165) is 5.56 Å². The zero-order valence-corrected chi connectivity index (χ0v) is 12.5. The van der Waals surface area contributed by atoms with Crippen molar-refractivity contribution in [2.45, 2.75) is 26.1 Å². The minimum Gasteiger partial charge on any atom is -0.374 e. The molecule has 0 heterocycles. The van der Waals surface area contributed by atoms with Gasteiger partial charge in [0, 0.05) is 0 Å². The first-order valence-electron chi connectivity index (χ1n) is 6.31. The maximum absolute atomic E-state index is 12.5. The summed E-state index contributed by atoms with van der Waals surface area (Å²) in [5.41, 5.74) is 0.905. The minimum atomic E-state index is -3.59. The Labute approximate surface area is 114 Å². The van der Waals surface area contributed by atoms with E-state index in [1.165, 1.54) is 13.0 Å². The van der Waals surface area contributed by atoms with Crippen LogP contribution < -0.4 is 0 Å². The van der Waals surface area contributed by atoms with E-state index in [1.54, 1.807) is 19.9 Å². The van der Waals surface area contributed by atoms with Crippen molar-refractivity contribution in [2.24, 2.45) is 0 Å². The molecule has 1 rings (SSSR count). The van der Waals surface area contributed by atoms with Crippen molar-refractivity contribution in [3.05, 3.63) is 42.0 Å². The summed E-state index contributed by atoms with van der Waals surface area (Å²) >= 11 is 0. The second-order valence-corrected chi connectivity index (χ2v) is 6.59. The van der Waals surface area contributed by atoms with Crippen molar-refractivity contribution in [3.8, 4) is 0 Å². The Kier molecular flexibility index (Phi) is 5.95. The van der Waals surface area contributed by atoms with Crippen LogP contribution in [0.5, 0.6) is 0 Å². The van der Waals surface area contributed by atoms with Gasteiger partial charge in [0.15, 0.2) is 5.34 Å². The predicted octanol–water partition coefficient (Wildman–Crippen LogP) is 3.67. The van der Waals surface area contributed by atoms with Gasteiger partial charge in [-0.2, -0.15) is 0 Å². The predicted molar refractivity (Wildman–Crippen MR) is 77.0 cm³/mol. The van der Waals surface area contributed by atoms with E-state index in [9.17, 15) is 9.67 Å². The molecule has 0 aliphatic carbocycles. The zero-order chi connectivity index (χ0) is 14.4. The summed E-state index contributed by atoms with van der Waals surface area (Å²) in [6, 6.07) is 9.45. The molecule has 0 aromatic heterocycles. The van der Waals surface area contributed by atoms with Gasteiger partial charge in [-0.25, -0.2) is 0 Å². The number of hydrogen-bond acceptors (Lipinski definition) is 4. The summed E-state index contributed by atoms with van der Waals surface area (Å²) in [6.45, 7) is 5.28. The van der Waals surface area contributed by atoms with Gasteiger partial charge in [-0.1, -0.05) is 36.4 Å². The molecule has 1 unspecified atom stereocenters. The third-order valence-electron chi connectivity index (χ3n) is 2.54. The molecule has 0 saturated heterocycles. The van der Waals surface area contributed by atoms with Crippen LogP contribution in [0, 0.1) is 0 Å². The summed E-state index contributed by atoms with van der Waals surface area (Å²) < 4.78 is 22.8. The van der Waals surface area contributed by atoms with E-state index >= 15 is 0 Å². The molecule has 0 bridgehead atoms. The van der Waals surface area contributed by atoms with Gasteiger partial charge in [-0.3, -0.25) is 4.57 Å². The van der Waals surface area contributed by atoms with Crippen molar-refractivity contribution >= 4 is 13.7 Å². The molecule has 1 atom stereocenters. The Morgan fingerprint density at radius 3 is 2.21 bits per heavy atom. The first-order valence-corrected chi connectivity index (χ1v) is 7.85. The molecule has 0 spiro atoms. The Morgan fingerprint density at radius 1 is 1.21 bits per heavy atom. The SMILES string of the molecule is CCOP(=O)(OCC)C(C)(O)/C=C/c1ccccc1. The zero-order valence-electron chi connectivity index (χ0n) is 11.6. The van der Waals surface area contributed by atoms with Crippen LogP contribution in [0.4, 0.5) is 0 Å². The lowest BCUT2D eigenvalue weighted by molar-refractivity contribution is 0.116. The molecule has 1 aromatic carbocycles. The van der Waals surface area contributed by atoms with Gasteiger partial charge in [0.2, 0.25) is 0 Å². The Hall–Kier alpha value is -0.930. The highest BCUT2D eigenvalue weighted by molar-refractivity contribution is 7.55. The van der Waals surface area contributed by atoms with Crippen LogP contribution in [0.25, 0.3) is 6.08 Å². The largest absolute Gasteiger partial charge is 0.374 e. The van der Waals surface area contributed by atoms with Gasteiger partial charge in [0.25, 0.3) is 0 Å². The quantitative estimate of drug-likeness (QED) is 0.776. The standard InChI is InChI=1S/C14H21O4P/c1-4-17-19(16,18-5-2)14(3,15)12-11-13-9-7-6-8-10-13/h6-12,15H,4-5H2,1-3H3/b12-11+. The fraction of sp³-hybridized carbons (Fsp3) is 0.429. The van der Waals surface area contributed by atoms with Crippen LogP contribution in [0.15, 0.2) is 36.4 Å². The van der Waals surface area contributed by atoms with Gasteiger partial charge in [-0.05, 0) is 32.4 Å². The van der Waals surface area contributed by atoms with Crippen LogP contribution in [0.1, 0.15) is 26.3 Å². The van der Waals surface area contributed by atoms with Gasteiger partial charge in [-0.15, -0.1) is 0 Å². The maximum atomic E-state index is 12.5. The van der Waals surface area contributed by atoms with E-state index in [2.05, 4.69) is 0 Å². The van der Waals surface area contributed by atoms with E-state index in [-0.39, 0.29) is 13.2 Å². The minimum absolute atomic E-state index is 0.215. The number of rotatable bonds is 7. The number of hydrogen-bond donors (Lipinski definition) is 1. The highest BCUT2D eigenvalue weighted by Crippen LogP contribution is 2.59. The maximum Gasteiger partial charge on any atom is 0.365 e. The number of benzene rings is 1. The average Bonchev–Trinajstić information content (AvgIpc) is 2.38. The third-order valence-corrected chi connectivity index (χ3v) is 5.00. The first-order chi connectivity index (χ1) is 8.95. The number of aliphatic hydroxyl groups is 1. The highest BCUT2D eigenvalue weighted by atomic mass is 31.2. The van der Waals surface area contributed by atoms with Crippen LogP contribution in [-0.2, 0) is 13.6 Å². The van der Waals surface area contributed by atoms with E-state index in [1.807, 2.05) is 30.3 Å². The molecule has 1 aromatic rings. The molecule has 19 heavy (non-hydrogen) atoms. The Bertz CT molecular complexity index is 444. The molecule has 1 N–H and O–H groups in total. The Morgan fingerprint density at radius 2 is 1.74 bits per heavy atom.